The number of benzene rings is 1. The maximum absolute atomic E-state index is 12.6. The van der Waals surface area contributed by atoms with E-state index in [2.05, 4.69) is 5.32 Å². The Bertz CT molecular complexity index is 800. The highest BCUT2D eigenvalue weighted by atomic mass is 32.1. The molecule has 1 aromatic carbocycles. The number of nitrogens with zero attached hydrogens (tertiary/aromatic N) is 2. The SMILES string of the molecule is O=C(CN1C(=O)[C@H]2CCCN2C1=O)N[C@H](c1ccccc1)c1cccs1. The average molecular weight is 369 g/mol. The van der Waals surface area contributed by atoms with Gasteiger partial charge in [0.1, 0.15) is 12.6 Å². The highest BCUT2D eigenvalue weighted by Crippen LogP contribution is 2.28. The van der Waals surface area contributed by atoms with Gasteiger partial charge in [-0.05, 0) is 29.9 Å². The predicted octanol–water partition coefficient (Wildman–Crippen LogP) is 2.38. The van der Waals surface area contributed by atoms with Gasteiger partial charge in [-0.25, -0.2) is 4.79 Å². The quantitative estimate of drug-likeness (QED) is 0.823. The molecular formula is C19H19N3O3S. The van der Waals surface area contributed by atoms with Crippen LogP contribution in [0.4, 0.5) is 4.79 Å². The van der Waals surface area contributed by atoms with E-state index in [0.29, 0.717) is 13.0 Å². The summed E-state index contributed by atoms with van der Waals surface area (Å²) in [7, 11) is 0. The second-order valence-corrected chi connectivity index (χ2v) is 7.46. The molecule has 1 N–H and O–H groups in total. The number of amides is 4. The summed E-state index contributed by atoms with van der Waals surface area (Å²) in [5, 5.41) is 4.93. The van der Waals surface area contributed by atoms with Gasteiger partial charge in [0.05, 0.1) is 6.04 Å². The monoisotopic (exact) mass is 369 g/mol. The molecule has 2 aromatic rings. The maximum atomic E-state index is 12.6. The van der Waals surface area contributed by atoms with Crippen LogP contribution in [0.3, 0.4) is 0 Å². The van der Waals surface area contributed by atoms with Gasteiger partial charge in [-0.15, -0.1) is 11.3 Å². The van der Waals surface area contributed by atoms with Crippen molar-refractivity contribution in [1.29, 1.82) is 0 Å². The average Bonchev–Trinajstić information content (AvgIpc) is 3.38. The Morgan fingerprint density at radius 1 is 1.19 bits per heavy atom. The number of nitrogens with one attached hydrogen (secondary N) is 1. The molecule has 0 unspecified atom stereocenters. The lowest BCUT2D eigenvalue weighted by atomic mass is 10.1. The molecule has 26 heavy (non-hydrogen) atoms. The summed E-state index contributed by atoms with van der Waals surface area (Å²) in [6, 6.07) is 12.5. The first kappa shape index (κ1) is 16.8. The number of urea groups is 1. The number of thiophene rings is 1. The van der Waals surface area contributed by atoms with E-state index in [-0.39, 0.29) is 36.5 Å². The van der Waals surface area contributed by atoms with Gasteiger partial charge in [-0.1, -0.05) is 36.4 Å². The van der Waals surface area contributed by atoms with Gasteiger partial charge in [0.25, 0.3) is 5.91 Å². The Hall–Kier alpha value is -2.67. The number of imide groups is 1. The van der Waals surface area contributed by atoms with E-state index in [1.165, 1.54) is 0 Å². The maximum Gasteiger partial charge on any atom is 0.327 e. The third-order valence-corrected chi connectivity index (χ3v) is 5.79. The lowest BCUT2D eigenvalue weighted by Crippen LogP contribution is -2.42. The van der Waals surface area contributed by atoms with Gasteiger partial charge in [0, 0.05) is 11.4 Å². The molecule has 0 saturated carbocycles. The Labute approximate surface area is 155 Å². The second kappa shape index (κ2) is 6.92. The molecule has 2 aliphatic heterocycles. The standard InChI is InChI=1S/C19H19N3O3S/c23-16(12-22-18(24)14-8-4-10-21(14)19(22)25)20-17(15-9-5-11-26-15)13-6-2-1-3-7-13/h1-3,5-7,9,11,14,17H,4,8,10,12H2,(H,20,23)/t14-,17-/m1/s1. The van der Waals surface area contributed by atoms with Gasteiger partial charge >= 0.3 is 6.03 Å². The lowest BCUT2D eigenvalue weighted by Gasteiger charge is -2.20. The highest BCUT2D eigenvalue weighted by Gasteiger charge is 2.47. The van der Waals surface area contributed by atoms with Crippen LogP contribution >= 0.6 is 11.3 Å². The Morgan fingerprint density at radius 3 is 2.69 bits per heavy atom. The molecule has 0 radical (unpaired) electrons. The Kier molecular flexibility index (Phi) is 4.46. The van der Waals surface area contributed by atoms with E-state index >= 15 is 0 Å². The van der Waals surface area contributed by atoms with Crippen LogP contribution in [0.5, 0.6) is 0 Å². The van der Waals surface area contributed by atoms with E-state index < -0.39 is 0 Å². The van der Waals surface area contributed by atoms with Crippen molar-refractivity contribution in [2.75, 3.05) is 13.1 Å². The number of rotatable bonds is 5. The van der Waals surface area contributed by atoms with Crippen molar-refractivity contribution < 1.29 is 14.4 Å². The summed E-state index contributed by atoms with van der Waals surface area (Å²) in [5.41, 5.74) is 0.961. The van der Waals surface area contributed by atoms with Crippen LogP contribution in [0.15, 0.2) is 47.8 Å². The zero-order chi connectivity index (χ0) is 18.1. The van der Waals surface area contributed by atoms with Crippen molar-refractivity contribution >= 4 is 29.2 Å². The zero-order valence-corrected chi connectivity index (χ0v) is 14.9. The van der Waals surface area contributed by atoms with Gasteiger partial charge in [0.2, 0.25) is 5.91 Å². The van der Waals surface area contributed by atoms with Crippen LogP contribution in [0.25, 0.3) is 0 Å². The fourth-order valence-electron chi connectivity index (χ4n) is 3.60. The molecule has 0 spiro atoms. The molecule has 2 fully saturated rings. The van der Waals surface area contributed by atoms with Gasteiger partial charge in [-0.3, -0.25) is 14.5 Å². The Balaban J connectivity index is 1.49. The number of hydrogen-bond acceptors (Lipinski definition) is 4. The summed E-state index contributed by atoms with van der Waals surface area (Å²) < 4.78 is 0. The summed E-state index contributed by atoms with van der Waals surface area (Å²) in [6.07, 6.45) is 1.53. The third kappa shape index (κ3) is 2.99. The number of carbonyl (C=O) groups is 3. The molecular weight excluding hydrogens is 350 g/mol. The first-order valence-electron chi connectivity index (χ1n) is 8.65. The number of hydrogen-bond donors (Lipinski definition) is 1. The van der Waals surface area contributed by atoms with E-state index in [0.717, 1.165) is 21.8 Å². The largest absolute Gasteiger partial charge is 0.343 e. The smallest absolute Gasteiger partial charge is 0.327 e. The second-order valence-electron chi connectivity index (χ2n) is 6.49. The fourth-order valence-corrected chi connectivity index (χ4v) is 4.40. The molecule has 4 rings (SSSR count). The van der Waals surface area contributed by atoms with Crippen molar-refractivity contribution in [2.24, 2.45) is 0 Å². The molecule has 7 heteroatoms. The molecule has 3 heterocycles. The molecule has 2 aliphatic rings. The van der Waals surface area contributed by atoms with E-state index in [4.69, 9.17) is 0 Å². The number of fused-ring (bicyclic) bond motifs is 1. The molecule has 4 amide bonds. The number of carbonyl (C=O) groups excluding carboxylic acids is 3. The normalized spacial score (nSPS) is 20.4. The first-order valence-corrected chi connectivity index (χ1v) is 9.53. The van der Waals surface area contributed by atoms with Crippen molar-refractivity contribution in [1.82, 2.24) is 15.1 Å². The van der Waals surface area contributed by atoms with Gasteiger partial charge in [-0.2, -0.15) is 0 Å². The van der Waals surface area contributed by atoms with Crippen LogP contribution < -0.4 is 5.32 Å². The minimum absolute atomic E-state index is 0.237. The Morgan fingerprint density at radius 2 is 2.00 bits per heavy atom. The van der Waals surface area contributed by atoms with Crippen molar-refractivity contribution in [3.05, 3.63) is 58.3 Å². The van der Waals surface area contributed by atoms with Gasteiger partial charge < -0.3 is 10.2 Å². The molecule has 0 aliphatic carbocycles. The van der Waals surface area contributed by atoms with Gasteiger partial charge in [0.15, 0.2) is 0 Å². The fraction of sp³-hybridized carbons (Fsp3) is 0.316. The molecule has 6 nitrogen and oxygen atoms in total. The highest BCUT2D eigenvalue weighted by molar-refractivity contribution is 7.10. The van der Waals surface area contributed by atoms with Crippen LogP contribution in [-0.4, -0.2) is 46.8 Å². The molecule has 2 atom stereocenters. The summed E-state index contributed by atoms with van der Waals surface area (Å²) in [5.74, 6) is -0.592. The van der Waals surface area contributed by atoms with Crippen LogP contribution in [0, 0.1) is 0 Å². The van der Waals surface area contributed by atoms with E-state index in [1.807, 2.05) is 47.8 Å². The summed E-state index contributed by atoms with van der Waals surface area (Å²) in [6.45, 7) is 0.356. The van der Waals surface area contributed by atoms with Crippen molar-refractivity contribution in [3.63, 3.8) is 0 Å². The lowest BCUT2D eigenvalue weighted by molar-refractivity contribution is -0.132. The predicted molar refractivity (Wildman–Crippen MR) is 97.6 cm³/mol. The minimum Gasteiger partial charge on any atom is -0.343 e. The molecule has 2 saturated heterocycles. The van der Waals surface area contributed by atoms with E-state index in [1.54, 1.807) is 16.2 Å². The summed E-state index contributed by atoms with van der Waals surface area (Å²) >= 11 is 1.55. The topological polar surface area (TPSA) is 69.7 Å². The van der Waals surface area contributed by atoms with Crippen LogP contribution in [-0.2, 0) is 9.59 Å². The van der Waals surface area contributed by atoms with Crippen LogP contribution in [0.1, 0.15) is 29.3 Å². The van der Waals surface area contributed by atoms with Crippen molar-refractivity contribution in [2.45, 2.75) is 24.9 Å². The van der Waals surface area contributed by atoms with E-state index in [9.17, 15) is 14.4 Å². The van der Waals surface area contributed by atoms with Crippen molar-refractivity contribution in [3.8, 4) is 0 Å². The molecule has 134 valence electrons. The molecule has 1 aromatic heterocycles. The third-order valence-electron chi connectivity index (χ3n) is 4.85. The molecule has 0 bridgehead atoms. The zero-order valence-electron chi connectivity index (χ0n) is 14.1. The minimum atomic E-state index is -0.377. The van der Waals surface area contributed by atoms with Crippen LogP contribution in [0.2, 0.25) is 0 Å². The first-order chi connectivity index (χ1) is 12.6. The summed E-state index contributed by atoms with van der Waals surface area (Å²) in [4.78, 5) is 41.0.